The lowest BCUT2D eigenvalue weighted by molar-refractivity contribution is -0.137. The first kappa shape index (κ1) is 16.1. The lowest BCUT2D eigenvalue weighted by Crippen LogP contribution is -2.03. The van der Waals surface area contributed by atoms with Gasteiger partial charge in [0.25, 0.3) is 0 Å². The van der Waals surface area contributed by atoms with Crippen molar-refractivity contribution in [3.05, 3.63) is 72.6 Å². The van der Waals surface area contributed by atoms with Gasteiger partial charge in [-0.05, 0) is 36.4 Å². The van der Waals surface area contributed by atoms with Crippen molar-refractivity contribution in [2.24, 2.45) is 0 Å². The second-order valence-corrected chi connectivity index (χ2v) is 6.16. The molecule has 0 saturated heterocycles. The Bertz CT molecular complexity index is 1080. The molecule has 4 aromatic rings. The number of ether oxygens (including phenoxy) is 1. The predicted octanol–water partition coefficient (Wildman–Crippen LogP) is 4.24. The normalized spacial score (nSPS) is 11.1. The number of carboxylic acid groups (broad SMARTS) is 1. The number of para-hydroxylation sites is 1. The molecule has 0 amide bonds. The van der Waals surface area contributed by atoms with Crippen LogP contribution in [0.4, 0.5) is 0 Å². The second kappa shape index (κ2) is 6.88. The molecule has 5 nitrogen and oxygen atoms in total. The monoisotopic (exact) mass is 346 g/mol. The fourth-order valence-electron chi connectivity index (χ4n) is 3.02. The van der Waals surface area contributed by atoms with E-state index in [1.807, 2.05) is 71.4 Å². The summed E-state index contributed by atoms with van der Waals surface area (Å²) in [5, 5.41) is 11.0. The van der Waals surface area contributed by atoms with E-state index in [0.29, 0.717) is 13.2 Å². The number of hydrogen-bond acceptors (Lipinski definition) is 3. The van der Waals surface area contributed by atoms with E-state index in [1.165, 1.54) is 0 Å². The van der Waals surface area contributed by atoms with Gasteiger partial charge in [0.15, 0.2) is 0 Å². The molecule has 26 heavy (non-hydrogen) atoms. The van der Waals surface area contributed by atoms with E-state index >= 15 is 0 Å². The Morgan fingerprint density at radius 3 is 2.81 bits per heavy atom. The fourth-order valence-corrected chi connectivity index (χ4v) is 3.02. The van der Waals surface area contributed by atoms with Crippen LogP contribution in [0.15, 0.2) is 66.9 Å². The van der Waals surface area contributed by atoms with Gasteiger partial charge in [0.05, 0.1) is 17.6 Å². The third-order valence-corrected chi connectivity index (χ3v) is 4.35. The van der Waals surface area contributed by atoms with Gasteiger partial charge in [0, 0.05) is 29.0 Å². The smallest absolute Gasteiger partial charge is 0.305 e. The molecule has 0 fully saturated rings. The van der Waals surface area contributed by atoms with Gasteiger partial charge < -0.3 is 14.4 Å². The summed E-state index contributed by atoms with van der Waals surface area (Å²) >= 11 is 0. The van der Waals surface area contributed by atoms with Gasteiger partial charge in [-0.2, -0.15) is 0 Å². The molecule has 0 aliphatic heterocycles. The average molecular weight is 346 g/mol. The maximum Gasteiger partial charge on any atom is 0.305 e. The zero-order valence-electron chi connectivity index (χ0n) is 14.1. The van der Waals surface area contributed by atoms with Crippen LogP contribution in [0.5, 0.6) is 5.75 Å². The van der Waals surface area contributed by atoms with Crippen LogP contribution in [0.25, 0.3) is 21.8 Å². The van der Waals surface area contributed by atoms with Crippen molar-refractivity contribution in [3.8, 4) is 5.75 Å². The zero-order valence-corrected chi connectivity index (χ0v) is 14.1. The Balaban J connectivity index is 1.49. The number of carbonyl (C=O) groups is 1. The Morgan fingerprint density at radius 1 is 1.04 bits per heavy atom. The van der Waals surface area contributed by atoms with E-state index in [4.69, 9.17) is 9.84 Å². The topological polar surface area (TPSA) is 64.3 Å². The zero-order chi connectivity index (χ0) is 17.9. The van der Waals surface area contributed by atoms with E-state index in [-0.39, 0.29) is 6.42 Å². The van der Waals surface area contributed by atoms with Gasteiger partial charge in [0.2, 0.25) is 0 Å². The Kier molecular flexibility index (Phi) is 4.27. The largest absolute Gasteiger partial charge is 0.487 e. The molecule has 0 radical (unpaired) electrons. The summed E-state index contributed by atoms with van der Waals surface area (Å²) in [6.07, 6.45) is 2.01. The van der Waals surface area contributed by atoms with Crippen LogP contribution >= 0.6 is 0 Å². The molecule has 0 spiro atoms. The number of benzene rings is 2. The summed E-state index contributed by atoms with van der Waals surface area (Å²) in [6.45, 7) is 0.857. The van der Waals surface area contributed by atoms with E-state index in [9.17, 15) is 4.79 Å². The number of aromatic nitrogens is 2. The number of carboxylic acids is 1. The molecular weight excluding hydrogens is 328 g/mol. The highest BCUT2D eigenvalue weighted by Crippen LogP contribution is 2.23. The van der Waals surface area contributed by atoms with Crippen LogP contribution < -0.4 is 4.74 Å². The molecule has 0 atom stereocenters. The minimum Gasteiger partial charge on any atom is -0.487 e. The molecule has 0 aliphatic rings. The maximum atomic E-state index is 10.7. The van der Waals surface area contributed by atoms with Crippen molar-refractivity contribution in [1.29, 1.82) is 0 Å². The second-order valence-electron chi connectivity index (χ2n) is 6.16. The molecule has 4 rings (SSSR count). The molecule has 0 unspecified atom stereocenters. The molecule has 130 valence electrons. The third kappa shape index (κ3) is 3.37. The van der Waals surface area contributed by atoms with Gasteiger partial charge in [-0.15, -0.1) is 0 Å². The first-order valence-electron chi connectivity index (χ1n) is 8.47. The molecule has 5 heteroatoms. The van der Waals surface area contributed by atoms with Gasteiger partial charge in [-0.1, -0.05) is 24.3 Å². The van der Waals surface area contributed by atoms with Gasteiger partial charge in [0.1, 0.15) is 12.4 Å². The average Bonchev–Trinajstić information content (AvgIpc) is 3.07. The van der Waals surface area contributed by atoms with Crippen LogP contribution in [0.1, 0.15) is 12.1 Å². The van der Waals surface area contributed by atoms with Gasteiger partial charge in [-0.25, -0.2) is 4.98 Å². The summed E-state index contributed by atoms with van der Waals surface area (Å²) in [4.78, 5) is 15.4. The molecule has 2 heterocycles. The van der Waals surface area contributed by atoms with E-state index in [0.717, 1.165) is 33.2 Å². The number of pyridine rings is 1. The Hall–Kier alpha value is -3.34. The van der Waals surface area contributed by atoms with Crippen molar-refractivity contribution in [1.82, 2.24) is 9.55 Å². The quantitative estimate of drug-likeness (QED) is 0.567. The van der Waals surface area contributed by atoms with E-state index in [2.05, 4.69) is 4.98 Å². The maximum absolute atomic E-state index is 10.7. The summed E-state index contributed by atoms with van der Waals surface area (Å²) in [7, 11) is 0. The number of hydrogen-bond donors (Lipinski definition) is 1. The van der Waals surface area contributed by atoms with Crippen LogP contribution in [-0.4, -0.2) is 20.6 Å². The number of fused-ring (bicyclic) bond motifs is 2. The number of rotatable bonds is 6. The predicted molar refractivity (Wildman–Crippen MR) is 100 cm³/mol. The van der Waals surface area contributed by atoms with Crippen LogP contribution in [0.3, 0.4) is 0 Å². The minimum atomic E-state index is -0.797. The standard InChI is InChI=1S/C21H18N2O3/c24-21(25)10-12-23-11-9-16-13-18(7-8-20(16)23)26-14-17-6-5-15-3-1-2-4-19(15)22-17/h1-9,11,13H,10,12,14H2,(H,24,25). The molecule has 2 aromatic carbocycles. The summed E-state index contributed by atoms with van der Waals surface area (Å²) in [6, 6.07) is 19.8. The lowest BCUT2D eigenvalue weighted by Gasteiger charge is -2.08. The molecule has 2 aromatic heterocycles. The van der Waals surface area contributed by atoms with Crippen molar-refractivity contribution < 1.29 is 14.6 Å². The van der Waals surface area contributed by atoms with Crippen LogP contribution in [0, 0.1) is 0 Å². The first-order chi connectivity index (χ1) is 12.7. The lowest BCUT2D eigenvalue weighted by atomic mass is 10.2. The third-order valence-electron chi connectivity index (χ3n) is 4.35. The Labute approximate surface area is 150 Å². The van der Waals surface area contributed by atoms with E-state index in [1.54, 1.807) is 0 Å². The van der Waals surface area contributed by atoms with Crippen molar-refractivity contribution >= 4 is 27.8 Å². The van der Waals surface area contributed by atoms with E-state index < -0.39 is 5.97 Å². The fraction of sp³-hybridized carbons (Fsp3) is 0.143. The van der Waals surface area contributed by atoms with Gasteiger partial charge >= 0.3 is 5.97 Å². The van der Waals surface area contributed by atoms with Crippen LogP contribution in [-0.2, 0) is 17.9 Å². The number of nitrogens with zero attached hydrogens (tertiary/aromatic N) is 2. The summed E-state index contributed by atoms with van der Waals surface area (Å²) in [5.41, 5.74) is 2.84. The Morgan fingerprint density at radius 2 is 1.92 bits per heavy atom. The molecule has 0 aliphatic carbocycles. The van der Waals surface area contributed by atoms with Gasteiger partial charge in [-0.3, -0.25) is 4.79 Å². The summed E-state index contributed by atoms with van der Waals surface area (Å²) < 4.78 is 7.83. The number of aliphatic carboxylic acids is 1. The first-order valence-corrected chi connectivity index (χ1v) is 8.47. The van der Waals surface area contributed by atoms with Crippen molar-refractivity contribution in [2.45, 2.75) is 19.6 Å². The SMILES string of the molecule is O=C(O)CCn1ccc2cc(OCc3ccc4ccccc4n3)ccc21. The van der Waals surface area contributed by atoms with Crippen LogP contribution in [0.2, 0.25) is 0 Å². The molecule has 0 saturated carbocycles. The highest BCUT2D eigenvalue weighted by atomic mass is 16.5. The van der Waals surface area contributed by atoms with Crippen molar-refractivity contribution in [3.63, 3.8) is 0 Å². The molecule has 0 bridgehead atoms. The highest BCUT2D eigenvalue weighted by molar-refractivity contribution is 5.82. The number of aryl methyl sites for hydroxylation is 1. The highest BCUT2D eigenvalue weighted by Gasteiger charge is 2.06. The summed E-state index contributed by atoms with van der Waals surface area (Å²) in [5.74, 6) is -0.0295. The van der Waals surface area contributed by atoms with Crippen molar-refractivity contribution in [2.75, 3.05) is 0 Å². The minimum absolute atomic E-state index is 0.107. The molecular formula is C21H18N2O3. The molecule has 1 N–H and O–H groups in total.